The monoisotopic (exact) mass is 252 g/mol. The molecule has 0 spiro atoms. The van der Waals surface area contributed by atoms with Crippen LogP contribution in [0.5, 0.6) is 0 Å². The van der Waals surface area contributed by atoms with Crippen LogP contribution < -0.4 is 0 Å². The summed E-state index contributed by atoms with van der Waals surface area (Å²) < 4.78 is 5.08. The van der Waals surface area contributed by atoms with E-state index in [-0.39, 0.29) is 23.9 Å². The summed E-state index contributed by atoms with van der Waals surface area (Å²) in [6.07, 6.45) is 0.643. The van der Waals surface area contributed by atoms with Crippen molar-refractivity contribution in [3.05, 3.63) is 11.1 Å². The molecule has 3 aliphatic rings. The lowest BCUT2D eigenvalue weighted by Gasteiger charge is -2.39. The summed E-state index contributed by atoms with van der Waals surface area (Å²) in [6, 6.07) is 0. The van der Waals surface area contributed by atoms with Crippen LogP contribution in [0.2, 0.25) is 0 Å². The van der Waals surface area contributed by atoms with E-state index in [1.165, 1.54) is 0 Å². The predicted molar refractivity (Wildman–Crippen MR) is 64.6 cm³/mol. The highest BCUT2D eigenvalue weighted by molar-refractivity contribution is 5.95. The highest BCUT2D eigenvalue weighted by Gasteiger charge is 2.64. The van der Waals surface area contributed by atoms with Gasteiger partial charge in [-0.1, -0.05) is 20.8 Å². The molecule has 1 aliphatic heterocycles. The summed E-state index contributed by atoms with van der Waals surface area (Å²) in [5, 5.41) is 21.4. The van der Waals surface area contributed by atoms with E-state index in [4.69, 9.17) is 4.74 Å². The van der Waals surface area contributed by atoms with E-state index in [1.807, 2.05) is 13.8 Å². The van der Waals surface area contributed by atoms with Crippen molar-refractivity contribution in [2.75, 3.05) is 6.61 Å². The highest BCUT2D eigenvalue weighted by Crippen LogP contribution is 2.57. The van der Waals surface area contributed by atoms with Gasteiger partial charge in [0, 0.05) is 0 Å². The molecule has 0 unspecified atom stereocenters. The Morgan fingerprint density at radius 3 is 2.72 bits per heavy atom. The number of hydrogen-bond donors (Lipinski definition) is 2. The molecule has 100 valence electrons. The van der Waals surface area contributed by atoms with Gasteiger partial charge in [0.05, 0.1) is 11.7 Å². The van der Waals surface area contributed by atoms with Crippen LogP contribution in [0.25, 0.3) is 0 Å². The zero-order valence-electron chi connectivity index (χ0n) is 11.1. The normalized spacial score (nSPS) is 45.8. The lowest BCUT2D eigenvalue weighted by molar-refractivity contribution is -0.142. The largest absolute Gasteiger partial charge is 0.458 e. The Bertz CT molecular complexity index is 451. The van der Waals surface area contributed by atoms with Gasteiger partial charge in [0.1, 0.15) is 12.2 Å². The van der Waals surface area contributed by atoms with Gasteiger partial charge >= 0.3 is 5.97 Å². The number of rotatable bonds is 0. The highest BCUT2D eigenvalue weighted by atomic mass is 16.5. The number of aliphatic hydroxyl groups is 2. The first kappa shape index (κ1) is 12.2. The number of carbonyl (C=O) groups excluding carboxylic acids is 1. The second kappa shape index (κ2) is 3.36. The molecule has 0 radical (unpaired) electrons. The van der Waals surface area contributed by atoms with Crippen LogP contribution in [0.3, 0.4) is 0 Å². The number of esters is 1. The Hall–Kier alpha value is -0.870. The first-order chi connectivity index (χ1) is 8.28. The lowest BCUT2D eigenvalue weighted by atomic mass is 9.69. The van der Waals surface area contributed by atoms with Crippen molar-refractivity contribution in [3.63, 3.8) is 0 Å². The minimum atomic E-state index is -1.40. The maximum absolute atomic E-state index is 11.9. The molecule has 18 heavy (non-hydrogen) atoms. The van der Waals surface area contributed by atoms with Gasteiger partial charge in [-0.25, -0.2) is 4.79 Å². The van der Waals surface area contributed by atoms with Crippen LogP contribution in [0.15, 0.2) is 11.1 Å². The van der Waals surface area contributed by atoms with Gasteiger partial charge < -0.3 is 14.9 Å². The number of ether oxygens (including phenoxy) is 1. The lowest BCUT2D eigenvalue weighted by Crippen LogP contribution is -2.52. The van der Waals surface area contributed by atoms with Crippen LogP contribution >= 0.6 is 0 Å². The van der Waals surface area contributed by atoms with Gasteiger partial charge in [0.15, 0.2) is 0 Å². The fraction of sp³-hybridized carbons (Fsp3) is 0.786. The van der Waals surface area contributed by atoms with E-state index >= 15 is 0 Å². The Morgan fingerprint density at radius 1 is 1.39 bits per heavy atom. The van der Waals surface area contributed by atoms with E-state index < -0.39 is 17.7 Å². The summed E-state index contributed by atoms with van der Waals surface area (Å²) in [7, 11) is 0. The number of carbonyl (C=O) groups is 1. The summed E-state index contributed by atoms with van der Waals surface area (Å²) in [5.41, 5.74) is -0.538. The van der Waals surface area contributed by atoms with Crippen molar-refractivity contribution in [2.24, 2.45) is 17.3 Å². The summed E-state index contributed by atoms with van der Waals surface area (Å²) in [6.45, 7) is 6.23. The number of cyclic esters (lactones) is 1. The zero-order chi connectivity index (χ0) is 13.3. The molecule has 4 heteroatoms. The van der Waals surface area contributed by atoms with E-state index in [0.29, 0.717) is 5.57 Å². The maximum Gasteiger partial charge on any atom is 0.337 e. The molecule has 0 amide bonds. The SMILES string of the molecule is C[C@@H]1C[C@@H]2CC(C)(C)[C@H](O)[C@]2(O)C2=C1COC2=O. The van der Waals surface area contributed by atoms with Gasteiger partial charge in [-0.05, 0) is 35.7 Å². The molecule has 1 fully saturated rings. The molecular formula is C14H20O4. The quantitative estimate of drug-likeness (QED) is 0.632. The minimum Gasteiger partial charge on any atom is -0.458 e. The van der Waals surface area contributed by atoms with Crippen LogP contribution in [0, 0.1) is 17.3 Å². The average molecular weight is 252 g/mol. The van der Waals surface area contributed by atoms with Gasteiger partial charge in [-0.3, -0.25) is 0 Å². The third-order valence-electron chi connectivity index (χ3n) is 5.07. The van der Waals surface area contributed by atoms with Gasteiger partial charge in [-0.2, -0.15) is 0 Å². The Labute approximate surface area is 107 Å². The van der Waals surface area contributed by atoms with Crippen LogP contribution in [-0.4, -0.2) is 34.5 Å². The van der Waals surface area contributed by atoms with Crippen LogP contribution in [0.1, 0.15) is 33.6 Å². The van der Waals surface area contributed by atoms with Crippen molar-refractivity contribution < 1.29 is 19.7 Å². The zero-order valence-corrected chi connectivity index (χ0v) is 11.1. The summed E-state index contributed by atoms with van der Waals surface area (Å²) in [4.78, 5) is 11.9. The van der Waals surface area contributed by atoms with Gasteiger partial charge in [0.25, 0.3) is 0 Å². The molecule has 0 bridgehead atoms. The molecule has 1 heterocycles. The maximum atomic E-state index is 11.9. The number of aliphatic hydroxyl groups excluding tert-OH is 1. The molecule has 0 saturated heterocycles. The van der Waals surface area contributed by atoms with E-state index in [9.17, 15) is 15.0 Å². The second-order valence-corrected chi connectivity index (χ2v) is 6.73. The number of fused-ring (bicyclic) bond motifs is 2. The van der Waals surface area contributed by atoms with E-state index in [1.54, 1.807) is 0 Å². The molecule has 4 nitrogen and oxygen atoms in total. The molecule has 4 atom stereocenters. The molecular weight excluding hydrogens is 232 g/mol. The summed E-state index contributed by atoms with van der Waals surface area (Å²) >= 11 is 0. The van der Waals surface area contributed by atoms with Crippen molar-refractivity contribution in [1.82, 2.24) is 0 Å². The Balaban J connectivity index is 2.16. The number of hydrogen-bond acceptors (Lipinski definition) is 4. The minimum absolute atomic E-state index is 0.0538. The molecule has 2 N–H and O–H groups in total. The van der Waals surface area contributed by atoms with Gasteiger partial charge in [0.2, 0.25) is 0 Å². The third kappa shape index (κ3) is 1.25. The molecule has 2 aliphatic carbocycles. The topological polar surface area (TPSA) is 66.8 Å². The molecule has 0 aromatic heterocycles. The third-order valence-corrected chi connectivity index (χ3v) is 5.07. The van der Waals surface area contributed by atoms with Crippen LogP contribution in [-0.2, 0) is 9.53 Å². The second-order valence-electron chi connectivity index (χ2n) is 6.73. The first-order valence-corrected chi connectivity index (χ1v) is 6.59. The molecule has 1 saturated carbocycles. The first-order valence-electron chi connectivity index (χ1n) is 6.59. The van der Waals surface area contributed by atoms with Crippen molar-refractivity contribution in [2.45, 2.75) is 45.3 Å². The van der Waals surface area contributed by atoms with E-state index in [0.717, 1.165) is 18.4 Å². The van der Waals surface area contributed by atoms with Crippen molar-refractivity contribution in [3.8, 4) is 0 Å². The van der Waals surface area contributed by atoms with E-state index in [2.05, 4.69) is 6.92 Å². The predicted octanol–water partition coefficient (Wildman–Crippen LogP) is 1.02. The Kier molecular flexibility index (Phi) is 2.28. The van der Waals surface area contributed by atoms with Crippen molar-refractivity contribution in [1.29, 1.82) is 0 Å². The molecule has 3 rings (SSSR count). The molecule has 0 aromatic rings. The van der Waals surface area contributed by atoms with Gasteiger partial charge in [-0.15, -0.1) is 0 Å². The average Bonchev–Trinajstić information content (AvgIpc) is 2.73. The van der Waals surface area contributed by atoms with Crippen LogP contribution in [0.4, 0.5) is 0 Å². The Morgan fingerprint density at radius 2 is 2.06 bits per heavy atom. The van der Waals surface area contributed by atoms with Crippen molar-refractivity contribution >= 4 is 5.97 Å². The smallest absolute Gasteiger partial charge is 0.337 e. The fourth-order valence-electron chi connectivity index (χ4n) is 4.12. The summed E-state index contributed by atoms with van der Waals surface area (Å²) in [5.74, 6) is -0.250. The fourth-order valence-corrected chi connectivity index (χ4v) is 4.12. The standard InChI is InChI=1S/C14H20O4/c1-7-4-8-5-13(2,3)12(16)14(8,17)10-9(7)6-18-11(10)15/h7-8,12,16-17H,4-6H2,1-3H3/t7-,8-,12+,14-/m1/s1. The molecule has 0 aromatic carbocycles.